The van der Waals surface area contributed by atoms with Gasteiger partial charge in [-0.2, -0.15) is 0 Å². The highest BCUT2D eigenvalue weighted by molar-refractivity contribution is 5.78. The Kier molecular flexibility index (Phi) is 4.87. The number of carbonyl (C=O) groups is 1. The van der Waals surface area contributed by atoms with Crippen LogP contribution in [0.3, 0.4) is 0 Å². The molecule has 0 aromatic heterocycles. The molecular formula is C14H20FN3O. The van der Waals surface area contributed by atoms with Crippen molar-refractivity contribution in [3.8, 4) is 0 Å². The van der Waals surface area contributed by atoms with Crippen molar-refractivity contribution in [1.82, 2.24) is 15.5 Å². The highest BCUT2D eigenvalue weighted by Crippen LogP contribution is 2.02. The summed E-state index contributed by atoms with van der Waals surface area (Å²) in [6.45, 7) is 5.70. The lowest BCUT2D eigenvalue weighted by Gasteiger charge is -2.31. The van der Waals surface area contributed by atoms with Crippen LogP contribution in [0.25, 0.3) is 0 Å². The average Bonchev–Trinajstić information content (AvgIpc) is 2.38. The van der Waals surface area contributed by atoms with Gasteiger partial charge < -0.3 is 10.6 Å². The molecule has 0 saturated carbocycles. The molecule has 1 heterocycles. The highest BCUT2D eigenvalue weighted by Gasteiger charge is 2.17. The van der Waals surface area contributed by atoms with Crippen LogP contribution in [-0.4, -0.2) is 43.0 Å². The Hall–Kier alpha value is -1.46. The SMILES string of the molecule is CC1CN(CC(=O)NCc2ccc(F)cc2)CCN1. The van der Waals surface area contributed by atoms with E-state index < -0.39 is 0 Å². The number of carbonyl (C=O) groups excluding carboxylic acids is 1. The monoisotopic (exact) mass is 265 g/mol. The first kappa shape index (κ1) is 14.0. The molecule has 0 radical (unpaired) electrons. The molecule has 1 aromatic carbocycles. The molecule has 1 aromatic rings. The summed E-state index contributed by atoms with van der Waals surface area (Å²) in [5.41, 5.74) is 0.906. The lowest BCUT2D eigenvalue weighted by atomic mass is 10.2. The number of piperazine rings is 1. The van der Waals surface area contributed by atoms with Crippen LogP contribution in [0.1, 0.15) is 12.5 Å². The van der Waals surface area contributed by atoms with Crippen molar-refractivity contribution < 1.29 is 9.18 Å². The first-order valence-electron chi connectivity index (χ1n) is 6.60. The Bertz CT molecular complexity index is 421. The molecule has 19 heavy (non-hydrogen) atoms. The zero-order valence-electron chi connectivity index (χ0n) is 11.2. The number of hydrogen-bond acceptors (Lipinski definition) is 3. The normalized spacial score (nSPS) is 20.2. The van der Waals surface area contributed by atoms with Crippen molar-refractivity contribution in [1.29, 1.82) is 0 Å². The fourth-order valence-electron chi connectivity index (χ4n) is 2.22. The Labute approximate surface area is 113 Å². The minimum atomic E-state index is -0.259. The fourth-order valence-corrected chi connectivity index (χ4v) is 2.22. The number of nitrogens with one attached hydrogen (secondary N) is 2. The van der Waals surface area contributed by atoms with Crippen LogP contribution in [-0.2, 0) is 11.3 Å². The fraction of sp³-hybridized carbons (Fsp3) is 0.500. The summed E-state index contributed by atoms with van der Waals surface area (Å²) in [4.78, 5) is 14.0. The minimum absolute atomic E-state index is 0.0124. The maximum Gasteiger partial charge on any atom is 0.234 e. The second-order valence-electron chi connectivity index (χ2n) is 4.99. The van der Waals surface area contributed by atoms with E-state index in [0.29, 0.717) is 19.1 Å². The van der Waals surface area contributed by atoms with Gasteiger partial charge >= 0.3 is 0 Å². The summed E-state index contributed by atoms with van der Waals surface area (Å²) in [7, 11) is 0. The quantitative estimate of drug-likeness (QED) is 0.844. The number of amides is 1. The summed E-state index contributed by atoms with van der Waals surface area (Å²) in [5, 5.41) is 6.20. The summed E-state index contributed by atoms with van der Waals surface area (Å²) in [6.07, 6.45) is 0. The van der Waals surface area contributed by atoms with E-state index in [2.05, 4.69) is 22.5 Å². The molecule has 1 unspecified atom stereocenters. The van der Waals surface area contributed by atoms with Gasteiger partial charge in [-0.15, -0.1) is 0 Å². The number of rotatable bonds is 4. The Morgan fingerprint density at radius 3 is 2.89 bits per heavy atom. The second-order valence-corrected chi connectivity index (χ2v) is 4.99. The van der Waals surface area contributed by atoms with Crippen LogP contribution in [0.5, 0.6) is 0 Å². The third-order valence-corrected chi connectivity index (χ3v) is 3.22. The standard InChI is InChI=1S/C14H20FN3O/c1-11-9-18(7-6-16-11)10-14(19)17-8-12-2-4-13(15)5-3-12/h2-5,11,16H,6-10H2,1H3,(H,17,19). The lowest BCUT2D eigenvalue weighted by Crippen LogP contribution is -2.51. The Morgan fingerprint density at radius 2 is 2.21 bits per heavy atom. The average molecular weight is 265 g/mol. The van der Waals surface area contributed by atoms with Crippen LogP contribution in [0.4, 0.5) is 4.39 Å². The van der Waals surface area contributed by atoms with Gasteiger partial charge in [0.2, 0.25) is 5.91 Å². The van der Waals surface area contributed by atoms with E-state index in [9.17, 15) is 9.18 Å². The van der Waals surface area contributed by atoms with E-state index in [1.54, 1.807) is 12.1 Å². The molecule has 1 atom stereocenters. The molecule has 4 nitrogen and oxygen atoms in total. The minimum Gasteiger partial charge on any atom is -0.351 e. The number of benzene rings is 1. The molecule has 0 spiro atoms. The zero-order chi connectivity index (χ0) is 13.7. The predicted octanol–water partition coefficient (Wildman–Crippen LogP) is 0.736. The van der Waals surface area contributed by atoms with Gasteiger partial charge in [-0.05, 0) is 24.6 Å². The first-order chi connectivity index (χ1) is 9.13. The lowest BCUT2D eigenvalue weighted by molar-refractivity contribution is -0.122. The predicted molar refractivity (Wildman–Crippen MR) is 72.2 cm³/mol. The van der Waals surface area contributed by atoms with E-state index in [0.717, 1.165) is 25.2 Å². The van der Waals surface area contributed by atoms with Crippen LogP contribution < -0.4 is 10.6 Å². The molecule has 1 fully saturated rings. The van der Waals surface area contributed by atoms with E-state index in [1.807, 2.05) is 0 Å². The molecule has 1 amide bonds. The number of hydrogen-bond donors (Lipinski definition) is 2. The third kappa shape index (κ3) is 4.61. The smallest absolute Gasteiger partial charge is 0.234 e. The van der Waals surface area contributed by atoms with E-state index in [-0.39, 0.29) is 11.7 Å². The number of halogens is 1. The van der Waals surface area contributed by atoms with Crippen LogP contribution in [0, 0.1) is 5.82 Å². The second kappa shape index (κ2) is 6.63. The molecule has 1 saturated heterocycles. The first-order valence-corrected chi connectivity index (χ1v) is 6.60. The third-order valence-electron chi connectivity index (χ3n) is 3.22. The van der Waals surface area contributed by atoms with Gasteiger partial charge in [0.25, 0.3) is 0 Å². The van der Waals surface area contributed by atoms with E-state index >= 15 is 0 Å². The van der Waals surface area contributed by atoms with Gasteiger partial charge in [0.15, 0.2) is 0 Å². The van der Waals surface area contributed by atoms with Gasteiger partial charge in [0.1, 0.15) is 5.82 Å². The summed E-state index contributed by atoms with van der Waals surface area (Å²) in [6, 6.07) is 6.60. The van der Waals surface area contributed by atoms with E-state index in [1.165, 1.54) is 12.1 Å². The number of nitrogens with zero attached hydrogens (tertiary/aromatic N) is 1. The maximum absolute atomic E-state index is 12.7. The Morgan fingerprint density at radius 1 is 1.47 bits per heavy atom. The summed E-state index contributed by atoms with van der Waals surface area (Å²) >= 11 is 0. The maximum atomic E-state index is 12.7. The largest absolute Gasteiger partial charge is 0.351 e. The molecule has 0 aliphatic carbocycles. The zero-order valence-corrected chi connectivity index (χ0v) is 11.2. The molecule has 104 valence electrons. The van der Waals surface area contributed by atoms with E-state index in [4.69, 9.17) is 0 Å². The molecule has 5 heteroatoms. The van der Waals surface area contributed by atoms with Crippen LogP contribution >= 0.6 is 0 Å². The highest BCUT2D eigenvalue weighted by atomic mass is 19.1. The summed E-state index contributed by atoms with van der Waals surface area (Å²) < 4.78 is 12.7. The van der Waals surface area contributed by atoms with Crippen molar-refractivity contribution in [2.24, 2.45) is 0 Å². The Balaban J connectivity index is 1.73. The van der Waals surface area contributed by atoms with Crippen molar-refractivity contribution in [3.05, 3.63) is 35.6 Å². The molecular weight excluding hydrogens is 245 g/mol. The summed E-state index contributed by atoms with van der Waals surface area (Å²) in [5.74, 6) is -0.247. The molecule has 1 aliphatic heterocycles. The van der Waals surface area contributed by atoms with Crippen molar-refractivity contribution >= 4 is 5.91 Å². The molecule has 2 rings (SSSR count). The van der Waals surface area contributed by atoms with Gasteiger partial charge in [0.05, 0.1) is 6.54 Å². The van der Waals surface area contributed by atoms with Crippen LogP contribution in [0.15, 0.2) is 24.3 Å². The topological polar surface area (TPSA) is 44.4 Å². The van der Waals surface area contributed by atoms with Gasteiger partial charge in [-0.3, -0.25) is 9.69 Å². The van der Waals surface area contributed by atoms with Gasteiger partial charge in [-0.25, -0.2) is 4.39 Å². The molecule has 0 bridgehead atoms. The van der Waals surface area contributed by atoms with Gasteiger partial charge in [-0.1, -0.05) is 12.1 Å². The van der Waals surface area contributed by atoms with Crippen molar-refractivity contribution in [3.63, 3.8) is 0 Å². The van der Waals surface area contributed by atoms with Gasteiger partial charge in [0, 0.05) is 32.2 Å². The van der Waals surface area contributed by atoms with Crippen LogP contribution in [0.2, 0.25) is 0 Å². The van der Waals surface area contributed by atoms with Crippen molar-refractivity contribution in [2.45, 2.75) is 19.5 Å². The van der Waals surface area contributed by atoms with Crippen molar-refractivity contribution in [2.75, 3.05) is 26.2 Å². The molecule has 1 aliphatic rings. The molecule has 2 N–H and O–H groups in total.